The summed E-state index contributed by atoms with van der Waals surface area (Å²) < 4.78 is 6.07. The van der Waals surface area contributed by atoms with E-state index < -0.39 is 0 Å². The second kappa shape index (κ2) is 6.37. The summed E-state index contributed by atoms with van der Waals surface area (Å²) in [6.45, 7) is 5.64. The van der Waals surface area contributed by atoms with Crippen molar-refractivity contribution in [3.05, 3.63) is 0 Å². The maximum absolute atomic E-state index is 6.07. The molecule has 0 radical (unpaired) electrons. The molecular weight excluding hydrogens is 288 g/mol. The van der Waals surface area contributed by atoms with E-state index in [1.54, 1.807) is 0 Å². The first-order chi connectivity index (χ1) is 9.63. The van der Waals surface area contributed by atoms with Gasteiger partial charge in [-0.1, -0.05) is 13.8 Å². The van der Waals surface area contributed by atoms with E-state index in [9.17, 15) is 0 Å². The molecule has 3 N–H and O–H groups in total. The molecule has 2 heterocycles. The Balaban J connectivity index is 1.63. The molecule has 0 aromatic carbocycles. The van der Waals surface area contributed by atoms with Gasteiger partial charge in [0.05, 0.1) is 5.60 Å². The fraction of sp³-hybridized carbons (Fsp3) is 1.00. The lowest BCUT2D eigenvalue weighted by Gasteiger charge is -2.50. The molecule has 20 heavy (non-hydrogen) atoms. The predicted octanol–water partition coefficient (Wildman–Crippen LogP) is 2.79. The zero-order chi connectivity index (χ0) is 14.2. The van der Waals surface area contributed by atoms with E-state index in [1.807, 2.05) is 0 Å². The first kappa shape index (κ1) is 15.5. The molecule has 5 heteroatoms. The van der Waals surface area contributed by atoms with Crippen molar-refractivity contribution in [2.45, 2.75) is 73.3 Å². The van der Waals surface area contributed by atoms with Gasteiger partial charge in [0.15, 0.2) is 0 Å². The Morgan fingerprint density at radius 3 is 2.70 bits per heavy atom. The number of nitrogens with two attached hydrogens (primary N) is 1. The van der Waals surface area contributed by atoms with Gasteiger partial charge in [-0.2, -0.15) is 23.5 Å². The van der Waals surface area contributed by atoms with Gasteiger partial charge in [-0.25, -0.2) is 0 Å². The number of hydrogen-bond donors (Lipinski definition) is 2. The molecule has 0 aromatic rings. The van der Waals surface area contributed by atoms with Crippen molar-refractivity contribution >= 4 is 23.5 Å². The van der Waals surface area contributed by atoms with E-state index in [4.69, 9.17) is 10.6 Å². The molecule has 116 valence electrons. The zero-order valence-electron chi connectivity index (χ0n) is 12.6. The van der Waals surface area contributed by atoms with Crippen molar-refractivity contribution in [2.24, 2.45) is 11.8 Å². The second-order valence-electron chi connectivity index (χ2n) is 6.75. The van der Waals surface area contributed by atoms with Crippen LogP contribution in [-0.4, -0.2) is 39.8 Å². The van der Waals surface area contributed by atoms with Crippen LogP contribution in [0.5, 0.6) is 0 Å². The van der Waals surface area contributed by atoms with Gasteiger partial charge in [0.1, 0.15) is 0 Å². The van der Waals surface area contributed by atoms with E-state index in [0.717, 1.165) is 17.1 Å². The van der Waals surface area contributed by atoms with E-state index in [-0.39, 0.29) is 5.60 Å². The van der Waals surface area contributed by atoms with Gasteiger partial charge in [-0.15, -0.1) is 0 Å². The normalized spacial score (nSPS) is 42.1. The van der Waals surface area contributed by atoms with E-state index in [1.165, 1.54) is 37.9 Å². The number of hydrogen-bond acceptors (Lipinski definition) is 5. The van der Waals surface area contributed by atoms with Crippen molar-refractivity contribution in [1.82, 2.24) is 5.43 Å². The summed E-state index contributed by atoms with van der Waals surface area (Å²) in [4.78, 5) is 0. The highest BCUT2D eigenvalue weighted by molar-refractivity contribution is 8.07. The fourth-order valence-electron chi connectivity index (χ4n) is 3.83. The summed E-state index contributed by atoms with van der Waals surface area (Å²) in [6.07, 6.45) is 6.26. The van der Waals surface area contributed by atoms with Crippen molar-refractivity contribution in [3.8, 4) is 0 Å². The highest BCUT2D eigenvalue weighted by atomic mass is 32.2. The number of rotatable bonds is 3. The molecular formula is C15H28N2OS2. The molecule has 1 spiro atoms. The topological polar surface area (TPSA) is 47.3 Å². The highest BCUT2D eigenvalue weighted by Crippen LogP contribution is 2.47. The average molecular weight is 317 g/mol. The Labute approximate surface area is 131 Å². The maximum Gasteiger partial charge on any atom is 0.0685 e. The molecule has 5 unspecified atom stereocenters. The molecule has 0 aromatic heterocycles. The third-order valence-corrected chi connectivity index (χ3v) is 8.99. The minimum Gasteiger partial charge on any atom is -0.375 e. The Kier molecular flexibility index (Phi) is 4.93. The van der Waals surface area contributed by atoms with Crippen LogP contribution >= 0.6 is 23.5 Å². The molecule has 2 saturated heterocycles. The van der Waals surface area contributed by atoms with Gasteiger partial charge < -0.3 is 4.74 Å². The summed E-state index contributed by atoms with van der Waals surface area (Å²) in [5, 5.41) is 2.14. The Hall–Kier alpha value is 0.580. The number of thioether (sulfide) groups is 2. The molecule has 5 atom stereocenters. The van der Waals surface area contributed by atoms with Crippen LogP contribution in [0.3, 0.4) is 0 Å². The summed E-state index contributed by atoms with van der Waals surface area (Å²) >= 11 is 4.26. The molecule has 3 aliphatic rings. The first-order valence-electron chi connectivity index (χ1n) is 8.01. The number of nitrogens with one attached hydrogen (secondary N) is 1. The molecule has 2 aliphatic heterocycles. The summed E-state index contributed by atoms with van der Waals surface area (Å²) in [7, 11) is 0. The third kappa shape index (κ3) is 3.02. The van der Waals surface area contributed by atoms with Crippen molar-refractivity contribution in [2.75, 3.05) is 12.4 Å². The monoisotopic (exact) mass is 316 g/mol. The van der Waals surface area contributed by atoms with Crippen molar-refractivity contribution in [3.63, 3.8) is 0 Å². The smallest absolute Gasteiger partial charge is 0.0685 e. The third-order valence-electron chi connectivity index (χ3n) is 5.47. The Bertz CT molecular complexity index is 338. The summed E-state index contributed by atoms with van der Waals surface area (Å²) in [5.41, 5.74) is 3.40. The van der Waals surface area contributed by atoms with Crippen molar-refractivity contribution < 1.29 is 4.74 Å². The van der Waals surface area contributed by atoms with Crippen molar-refractivity contribution in [1.29, 1.82) is 0 Å². The van der Waals surface area contributed by atoms with Gasteiger partial charge in [-0.05, 0) is 38.0 Å². The fourth-order valence-corrected chi connectivity index (χ4v) is 7.03. The van der Waals surface area contributed by atoms with Crippen LogP contribution in [-0.2, 0) is 4.74 Å². The van der Waals surface area contributed by atoms with Crippen LogP contribution in [0.1, 0.15) is 46.0 Å². The van der Waals surface area contributed by atoms with Crippen LogP contribution < -0.4 is 11.3 Å². The van der Waals surface area contributed by atoms with Crippen LogP contribution in [0.25, 0.3) is 0 Å². The summed E-state index contributed by atoms with van der Waals surface area (Å²) in [6, 6.07) is 0.448. The minimum absolute atomic E-state index is 0.226. The Morgan fingerprint density at radius 2 is 2.10 bits per heavy atom. The molecule has 1 saturated carbocycles. The van der Waals surface area contributed by atoms with Gasteiger partial charge >= 0.3 is 0 Å². The molecule has 1 aliphatic carbocycles. The van der Waals surface area contributed by atoms with E-state index in [0.29, 0.717) is 17.2 Å². The van der Waals surface area contributed by atoms with E-state index >= 15 is 0 Å². The maximum atomic E-state index is 6.07. The van der Waals surface area contributed by atoms with Crippen LogP contribution in [0.15, 0.2) is 0 Å². The van der Waals surface area contributed by atoms with Gasteiger partial charge in [0, 0.05) is 34.2 Å². The molecule has 3 rings (SSSR count). The quantitative estimate of drug-likeness (QED) is 0.619. The first-order valence-corrected chi connectivity index (χ1v) is 10.00. The SMILES string of the molecule is CC1SCC(C(NN)C2CCOC3(CCC3)C2)SC1C. The highest BCUT2D eigenvalue weighted by Gasteiger charge is 2.46. The van der Waals surface area contributed by atoms with E-state index in [2.05, 4.69) is 42.8 Å². The number of ether oxygens (including phenoxy) is 1. The average Bonchev–Trinajstić information content (AvgIpc) is 2.42. The van der Waals surface area contributed by atoms with Crippen LogP contribution in [0.4, 0.5) is 0 Å². The standard InChI is InChI=1S/C15H28N2OS2/c1-10-11(2)20-13(9-19-10)14(17-16)12-4-7-18-15(8-12)5-3-6-15/h10-14,17H,3-9,16H2,1-2H3. The predicted molar refractivity (Wildman–Crippen MR) is 89.1 cm³/mol. The molecule has 0 bridgehead atoms. The summed E-state index contributed by atoms with van der Waals surface area (Å²) in [5.74, 6) is 7.87. The lowest BCUT2D eigenvalue weighted by atomic mass is 9.70. The van der Waals surface area contributed by atoms with Gasteiger partial charge in [0.2, 0.25) is 0 Å². The second-order valence-corrected chi connectivity index (χ2v) is 9.78. The Morgan fingerprint density at radius 1 is 1.30 bits per heavy atom. The van der Waals surface area contributed by atoms with Crippen LogP contribution in [0.2, 0.25) is 0 Å². The minimum atomic E-state index is 0.226. The molecule has 3 nitrogen and oxygen atoms in total. The lowest BCUT2D eigenvalue weighted by Crippen LogP contribution is -2.56. The van der Waals surface area contributed by atoms with Gasteiger partial charge in [-0.3, -0.25) is 11.3 Å². The molecule has 0 amide bonds. The van der Waals surface area contributed by atoms with Gasteiger partial charge in [0.25, 0.3) is 0 Å². The zero-order valence-corrected chi connectivity index (χ0v) is 14.3. The molecule has 3 fully saturated rings. The van der Waals surface area contributed by atoms with Crippen LogP contribution in [0, 0.1) is 5.92 Å². The number of hydrazine groups is 1. The lowest BCUT2D eigenvalue weighted by molar-refractivity contribution is -0.147. The largest absolute Gasteiger partial charge is 0.375 e.